The molecule has 0 aromatic heterocycles. The summed E-state index contributed by atoms with van der Waals surface area (Å²) in [5.74, 6) is -0.622. The Morgan fingerprint density at radius 2 is 1.89 bits per heavy atom. The van der Waals surface area contributed by atoms with Crippen LogP contribution in [0.15, 0.2) is 42.5 Å². The predicted octanol–water partition coefficient (Wildman–Crippen LogP) is 1.83. The van der Waals surface area contributed by atoms with Crippen molar-refractivity contribution in [3.8, 4) is 0 Å². The van der Waals surface area contributed by atoms with Crippen molar-refractivity contribution < 1.29 is 17.8 Å². The van der Waals surface area contributed by atoms with Crippen LogP contribution in [-0.2, 0) is 19.8 Å². The Morgan fingerprint density at radius 3 is 2.26 bits per heavy atom. The molecule has 1 aromatic rings. The minimum atomic E-state index is -4.53. The van der Waals surface area contributed by atoms with Gasteiger partial charge in [-0.05, 0) is 18.9 Å². The van der Waals surface area contributed by atoms with Gasteiger partial charge in [-0.15, -0.1) is 0 Å². The van der Waals surface area contributed by atoms with E-state index in [1.807, 2.05) is 0 Å². The monoisotopic (exact) mass is 283 g/mol. The molecule has 0 saturated heterocycles. The molecular formula is C13H17NO4S. The van der Waals surface area contributed by atoms with Crippen LogP contribution in [0, 0.1) is 0 Å². The largest absolute Gasteiger partial charge is 0.328 e. The number of nitrogens with one attached hydrogen (secondary N) is 1. The van der Waals surface area contributed by atoms with Gasteiger partial charge in [-0.1, -0.05) is 43.8 Å². The lowest BCUT2D eigenvalue weighted by molar-refractivity contribution is -0.118. The van der Waals surface area contributed by atoms with Crippen LogP contribution < -0.4 is 5.32 Å². The van der Waals surface area contributed by atoms with Crippen molar-refractivity contribution in [3.05, 3.63) is 48.0 Å². The predicted molar refractivity (Wildman–Crippen MR) is 72.9 cm³/mol. The second kappa shape index (κ2) is 5.54. The maximum Gasteiger partial charge on any atom is 0.293 e. The van der Waals surface area contributed by atoms with Gasteiger partial charge in [0.05, 0.1) is 0 Å². The smallest absolute Gasteiger partial charge is 0.293 e. The van der Waals surface area contributed by atoms with Crippen LogP contribution in [0.4, 0.5) is 0 Å². The molecule has 6 heteroatoms. The first-order valence-corrected chi connectivity index (χ1v) is 7.19. The quantitative estimate of drug-likeness (QED) is 0.638. The molecule has 0 radical (unpaired) electrons. The Hall–Kier alpha value is -1.66. The maximum atomic E-state index is 11.8. The van der Waals surface area contributed by atoms with Crippen molar-refractivity contribution in [2.45, 2.75) is 25.1 Å². The number of carbonyl (C=O) groups is 1. The summed E-state index contributed by atoms with van der Waals surface area (Å²) >= 11 is 0. The molecular weight excluding hydrogens is 266 g/mol. The van der Waals surface area contributed by atoms with Gasteiger partial charge in [0.2, 0.25) is 5.91 Å². The zero-order valence-corrected chi connectivity index (χ0v) is 11.7. The van der Waals surface area contributed by atoms with Gasteiger partial charge in [-0.25, -0.2) is 0 Å². The molecule has 0 aliphatic rings. The lowest BCUT2D eigenvalue weighted by Gasteiger charge is -2.31. The van der Waals surface area contributed by atoms with Crippen LogP contribution in [0.2, 0.25) is 0 Å². The van der Waals surface area contributed by atoms with Gasteiger partial charge in [-0.3, -0.25) is 9.35 Å². The van der Waals surface area contributed by atoms with Crippen LogP contribution in [0.25, 0.3) is 0 Å². The average Bonchev–Trinajstić information content (AvgIpc) is 2.35. The van der Waals surface area contributed by atoms with E-state index < -0.39 is 20.9 Å². The fraction of sp³-hybridized carbons (Fsp3) is 0.308. The fourth-order valence-corrected chi connectivity index (χ4v) is 2.78. The third-order valence-electron chi connectivity index (χ3n) is 2.88. The Labute approximate surface area is 113 Å². The molecule has 5 nitrogen and oxygen atoms in total. The third kappa shape index (κ3) is 3.02. The Kier molecular flexibility index (Phi) is 4.49. The molecule has 0 fully saturated rings. The third-order valence-corrected chi connectivity index (χ3v) is 4.39. The molecule has 0 saturated carbocycles. The zero-order valence-electron chi connectivity index (χ0n) is 10.9. The van der Waals surface area contributed by atoms with E-state index in [2.05, 4.69) is 11.9 Å². The molecule has 0 bridgehead atoms. The summed E-state index contributed by atoms with van der Waals surface area (Å²) in [5, 5.41) is 2.36. The molecule has 0 aliphatic heterocycles. The first-order chi connectivity index (χ1) is 8.74. The summed E-state index contributed by atoms with van der Waals surface area (Å²) in [4.78, 5) is 9.89. The highest BCUT2D eigenvalue weighted by molar-refractivity contribution is 7.86. The lowest BCUT2D eigenvalue weighted by Crippen LogP contribution is -2.51. The summed E-state index contributed by atoms with van der Waals surface area (Å²) in [6.45, 7) is 6.49. The van der Waals surface area contributed by atoms with E-state index in [0.717, 1.165) is 0 Å². The van der Waals surface area contributed by atoms with E-state index in [0.29, 0.717) is 5.56 Å². The minimum Gasteiger partial charge on any atom is -0.328 e. The van der Waals surface area contributed by atoms with Crippen molar-refractivity contribution in [1.29, 1.82) is 0 Å². The molecule has 2 N–H and O–H groups in total. The summed E-state index contributed by atoms with van der Waals surface area (Å²) < 4.78 is 33.0. The van der Waals surface area contributed by atoms with E-state index in [1.54, 1.807) is 25.1 Å². The van der Waals surface area contributed by atoms with E-state index >= 15 is 0 Å². The Balaban J connectivity index is 3.41. The molecule has 0 spiro atoms. The number of amides is 1. The Morgan fingerprint density at radius 1 is 1.37 bits per heavy atom. The molecule has 1 rings (SSSR count). The summed E-state index contributed by atoms with van der Waals surface area (Å²) in [6, 6.07) is 8.07. The van der Waals surface area contributed by atoms with E-state index in [-0.39, 0.29) is 12.0 Å². The van der Waals surface area contributed by atoms with Crippen molar-refractivity contribution in [2.24, 2.45) is 0 Å². The number of hydrogen-bond acceptors (Lipinski definition) is 3. The van der Waals surface area contributed by atoms with Crippen molar-refractivity contribution >= 4 is 16.0 Å². The van der Waals surface area contributed by atoms with Crippen LogP contribution in [0.5, 0.6) is 0 Å². The molecule has 0 heterocycles. The van der Waals surface area contributed by atoms with Crippen molar-refractivity contribution in [1.82, 2.24) is 5.32 Å². The molecule has 1 amide bonds. The summed E-state index contributed by atoms with van der Waals surface area (Å²) in [5.41, 5.74) is 0.465. The van der Waals surface area contributed by atoms with E-state index in [1.165, 1.54) is 19.1 Å². The van der Waals surface area contributed by atoms with Gasteiger partial charge in [0.15, 0.2) is 4.87 Å². The zero-order chi connectivity index (χ0) is 14.7. The standard InChI is InChI=1S/C13H17NO4S/c1-4-13(19(16,17)18,14-12(15)10(2)3)11-8-6-5-7-9-11/h5-9H,2,4H2,1,3H3,(H,14,15)(H,16,17,18). The normalized spacial score (nSPS) is 14.5. The molecule has 1 unspecified atom stereocenters. The van der Waals surface area contributed by atoms with E-state index in [9.17, 15) is 17.8 Å². The highest BCUT2D eigenvalue weighted by Gasteiger charge is 2.44. The Bertz CT molecular complexity index is 580. The van der Waals surface area contributed by atoms with Crippen molar-refractivity contribution in [2.75, 3.05) is 0 Å². The van der Waals surface area contributed by atoms with Gasteiger partial charge >= 0.3 is 0 Å². The fourth-order valence-electron chi connectivity index (χ4n) is 1.76. The van der Waals surface area contributed by atoms with Crippen LogP contribution in [0.3, 0.4) is 0 Å². The van der Waals surface area contributed by atoms with Crippen LogP contribution >= 0.6 is 0 Å². The first-order valence-electron chi connectivity index (χ1n) is 5.75. The van der Waals surface area contributed by atoms with Gasteiger partial charge in [0, 0.05) is 5.57 Å². The lowest BCUT2D eigenvalue weighted by atomic mass is 10.0. The molecule has 0 aliphatic carbocycles. The van der Waals surface area contributed by atoms with Crippen LogP contribution in [0.1, 0.15) is 25.8 Å². The van der Waals surface area contributed by atoms with Crippen molar-refractivity contribution in [3.63, 3.8) is 0 Å². The molecule has 1 atom stereocenters. The SMILES string of the molecule is C=C(C)C(=O)NC(CC)(c1ccccc1)S(=O)(=O)O. The summed E-state index contributed by atoms with van der Waals surface area (Å²) in [6.07, 6.45) is -0.00509. The average molecular weight is 283 g/mol. The maximum absolute atomic E-state index is 11.8. The summed E-state index contributed by atoms with van der Waals surface area (Å²) in [7, 11) is -4.53. The van der Waals surface area contributed by atoms with Gasteiger partial charge < -0.3 is 5.32 Å². The molecule has 19 heavy (non-hydrogen) atoms. The van der Waals surface area contributed by atoms with Gasteiger partial charge in [-0.2, -0.15) is 8.42 Å². The highest BCUT2D eigenvalue weighted by Crippen LogP contribution is 2.30. The van der Waals surface area contributed by atoms with Gasteiger partial charge in [0.25, 0.3) is 10.1 Å². The second-order valence-corrected chi connectivity index (χ2v) is 5.90. The second-order valence-electron chi connectivity index (χ2n) is 4.26. The molecule has 1 aromatic carbocycles. The van der Waals surface area contributed by atoms with Crippen LogP contribution in [-0.4, -0.2) is 18.9 Å². The highest BCUT2D eigenvalue weighted by atomic mass is 32.2. The molecule has 104 valence electrons. The number of carbonyl (C=O) groups excluding carboxylic acids is 1. The topological polar surface area (TPSA) is 83.5 Å². The number of benzene rings is 1. The number of hydrogen-bond donors (Lipinski definition) is 2. The number of rotatable bonds is 5. The van der Waals surface area contributed by atoms with E-state index in [4.69, 9.17) is 0 Å². The first kappa shape index (κ1) is 15.4. The minimum absolute atomic E-state index is 0.00509. The van der Waals surface area contributed by atoms with Gasteiger partial charge in [0.1, 0.15) is 0 Å².